The highest BCUT2D eigenvalue weighted by molar-refractivity contribution is 6.32. The number of hydrogen-bond acceptors (Lipinski definition) is 3. The molecule has 2 fully saturated rings. The van der Waals surface area contributed by atoms with E-state index in [1.54, 1.807) is 30.3 Å². The van der Waals surface area contributed by atoms with Gasteiger partial charge in [0.25, 0.3) is 5.91 Å². The molecule has 0 aliphatic carbocycles. The zero-order valence-electron chi connectivity index (χ0n) is 14.4. The first-order valence-electron chi connectivity index (χ1n) is 8.70. The molecule has 2 aliphatic heterocycles. The molecule has 0 spiro atoms. The van der Waals surface area contributed by atoms with Crippen molar-refractivity contribution in [1.29, 1.82) is 0 Å². The normalized spacial score (nSPS) is 18.5. The zero-order chi connectivity index (χ0) is 19.0. The van der Waals surface area contributed by atoms with Crippen molar-refractivity contribution in [2.75, 3.05) is 22.9 Å². The average Bonchev–Trinajstić information content (AvgIpc) is 3.24. The van der Waals surface area contributed by atoms with Crippen LogP contribution in [-0.2, 0) is 4.79 Å². The first kappa shape index (κ1) is 17.5. The van der Waals surface area contributed by atoms with Crippen LogP contribution in [0.25, 0.3) is 6.08 Å². The van der Waals surface area contributed by atoms with Gasteiger partial charge in [-0.2, -0.15) is 0 Å². The monoisotopic (exact) mass is 385 g/mol. The number of amides is 3. The molecular weight excluding hydrogens is 369 g/mol. The van der Waals surface area contributed by atoms with Gasteiger partial charge in [0.2, 0.25) is 0 Å². The Morgan fingerprint density at radius 3 is 2.56 bits per heavy atom. The van der Waals surface area contributed by atoms with E-state index in [1.165, 1.54) is 18.2 Å². The first-order valence-corrected chi connectivity index (χ1v) is 9.08. The molecule has 1 N–H and O–H groups in total. The summed E-state index contributed by atoms with van der Waals surface area (Å²) < 4.78 is 14.5. The second kappa shape index (κ2) is 7.04. The summed E-state index contributed by atoms with van der Waals surface area (Å²) in [6.07, 6.45) is 3.60. The number of carbonyl (C=O) groups excluding carboxylic acids is 2. The van der Waals surface area contributed by atoms with Crippen molar-refractivity contribution in [3.05, 3.63) is 64.6 Å². The number of carbonyl (C=O) groups is 2. The number of anilines is 2. The summed E-state index contributed by atoms with van der Waals surface area (Å²) in [4.78, 5) is 27.9. The Morgan fingerprint density at radius 1 is 1.07 bits per heavy atom. The van der Waals surface area contributed by atoms with E-state index in [-0.39, 0.29) is 11.5 Å². The summed E-state index contributed by atoms with van der Waals surface area (Å²) in [6, 6.07) is 10.7. The maximum Gasteiger partial charge on any atom is 0.333 e. The Bertz CT molecular complexity index is 954. The van der Waals surface area contributed by atoms with Crippen molar-refractivity contribution in [2.45, 2.75) is 12.8 Å². The molecule has 0 bridgehead atoms. The smallest absolute Gasteiger partial charge is 0.333 e. The van der Waals surface area contributed by atoms with E-state index in [0.29, 0.717) is 22.0 Å². The predicted octanol–water partition coefficient (Wildman–Crippen LogP) is 4.18. The standard InChI is InChI=1S/C20H17ClFN3O2/c21-14-4-3-5-15(12-14)25-19(26)17(23-20(25)27)11-13-6-7-18(16(22)10-13)24-8-1-2-9-24/h3-7,10-12H,1-2,8-9H2,(H,23,27)/b17-11+. The maximum atomic E-state index is 14.5. The molecule has 138 valence electrons. The van der Waals surface area contributed by atoms with Crippen LogP contribution in [0.4, 0.5) is 20.6 Å². The van der Waals surface area contributed by atoms with Gasteiger partial charge < -0.3 is 10.2 Å². The van der Waals surface area contributed by atoms with Crippen LogP contribution in [0.1, 0.15) is 18.4 Å². The van der Waals surface area contributed by atoms with Crippen LogP contribution in [0.15, 0.2) is 48.2 Å². The molecule has 4 rings (SSSR count). The van der Waals surface area contributed by atoms with E-state index in [4.69, 9.17) is 11.6 Å². The zero-order valence-corrected chi connectivity index (χ0v) is 15.2. The molecule has 2 saturated heterocycles. The third kappa shape index (κ3) is 3.40. The number of urea groups is 1. The summed E-state index contributed by atoms with van der Waals surface area (Å²) in [6.45, 7) is 1.70. The maximum absolute atomic E-state index is 14.5. The lowest BCUT2D eigenvalue weighted by atomic mass is 10.1. The van der Waals surface area contributed by atoms with Crippen molar-refractivity contribution in [2.24, 2.45) is 0 Å². The summed E-state index contributed by atoms with van der Waals surface area (Å²) in [7, 11) is 0. The third-order valence-electron chi connectivity index (χ3n) is 4.67. The first-order chi connectivity index (χ1) is 13.0. The predicted molar refractivity (Wildman–Crippen MR) is 103 cm³/mol. The Labute approximate surface area is 161 Å². The van der Waals surface area contributed by atoms with Crippen LogP contribution < -0.4 is 15.1 Å². The quantitative estimate of drug-likeness (QED) is 0.637. The molecule has 0 unspecified atom stereocenters. The van der Waals surface area contributed by atoms with Gasteiger partial charge >= 0.3 is 6.03 Å². The Hall–Kier alpha value is -2.86. The van der Waals surface area contributed by atoms with Gasteiger partial charge in [0.05, 0.1) is 11.4 Å². The molecule has 0 radical (unpaired) electrons. The van der Waals surface area contributed by atoms with E-state index >= 15 is 0 Å². The highest BCUT2D eigenvalue weighted by Gasteiger charge is 2.35. The summed E-state index contributed by atoms with van der Waals surface area (Å²) >= 11 is 5.94. The minimum atomic E-state index is -0.567. The number of hydrogen-bond donors (Lipinski definition) is 1. The average molecular weight is 386 g/mol. The van der Waals surface area contributed by atoms with Crippen LogP contribution in [0, 0.1) is 5.82 Å². The van der Waals surface area contributed by atoms with Gasteiger partial charge in [0.1, 0.15) is 11.5 Å². The van der Waals surface area contributed by atoms with E-state index in [0.717, 1.165) is 30.8 Å². The van der Waals surface area contributed by atoms with Gasteiger partial charge in [0.15, 0.2) is 0 Å². The number of imide groups is 1. The molecule has 0 atom stereocenters. The topological polar surface area (TPSA) is 52.7 Å². The van der Waals surface area contributed by atoms with Gasteiger partial charge in [-0.3, -0.25) is 4.79 Å². The van der Waals surface area contributed by atoms with Crippen LogP contribution in [-0.4, -0.2) is 25.0 Å². The highest BCUT2D eigenvalue weighted by atomic mass is 35.5. The highest BCUT2D eigenvalue weighted by Crippen LogP contribution is 2.27. The number of benzene rings is 2. The lowest BCUT2D eigenvalue weighted by Crippen LogP contribution is -2.30. The van der Waals surface area contributed by atoms with E-state index < -0.39 is 11.9 Å². The van der Waals surface area contributed by atoms with Crippen LogP contribution >= 0.6 is 11.6 Å². The molecule has 3 amide bonds. The molecule has 2 aromatic rings. The Kier molecular flexibility index (Phi) is 4.58. The molecule has 2 aliphatic rings. The van der Waals surface area contributed by atoms with Crippen molar-refractivity contribution in [1.82, 2.24) is 5.32 Å². The van der Waals surface area contributed by atoms with Crippen molar-refractivity contribution < 1.29 is 14.0 Å². The molecule has 5 nitrogen and oxygen atoms in total. The van der Waals surface area contributed by atoms with Crippen molar-refractivity contribution in [3.8, 4) is 0 Å². The van der Waals surface area contributed by atoms with Crippen LogP contribution in [0.2, 0.25) is 5.02 Å². The van der Waals surface area contributed by atoms with Gasteiger partial charge in [-0.25, -0.2) is 14.1 Å². The molecule has 2 heterocycles. The fourth-order valence-corrected chi connectivity index (χ4v) is 3.56. The third-order valence-corrected chi connectivity index (χ3v) is 4.91. The van der Waals surface area contributed by atoms with Crippen LogP contribution in [0.3, 0.4) is 0 Å². The molecule has 0 aromatic heterocycles. The van der Waals surface area contributed by atoms with Crippen molar-refractivity contribution in [3.63, 3.8) is 0 Å². The van der Waals surface area contributed by atoms with Crippen LogP contribution in [0.5, 0.6) is 0 Å². The Balaban J connectivity index is 1.60. The fraction of sp³-hybridized carbons (Fsp3) is 0.200. The SMILES string of the molecule is O=C1N/C(=C/c2ccc(N3CCCC3)c(F)c2)C(=O)N1c1cccc(Cl)c1. The second-order valence-corrected chi connectivity index (χ2v) is 6.95. The van der Waals surface area contributed by atoms with Gasteiger partial charge in [0, 0.05) is 18.1 Å². The lowest BCUT2D eigenvalue weighted by molar-refractivity contribution is -0.113. The molecular formula is C20H17ClFN3O2. The number of rotatable bonds is 3. The number of halogens is 2. The van der Waals surface area contributed by atoms with E-state index in [1.807, 2.05) is 4.90 Å². The molecule has 0 saturated carbocycles. The second-order valence-electron chi connectivity index (χ2n) is 6.51. The fourth-order valence-electron chi connectivity index (χ4n) is 3.38. The number of nitrogens with one attached hydrogen (secondary N) is 1. The molecule has 7 heteroatoms. The summed E-state index contributed by atoms with van der Waals surface area (Å²) in [5, 5.41) is 2.95. The minimum absolute atomic E-state index is 0.0910. The van der Waals surface area contributed by atoms with Gasteiger partial charge in [-0.05, 0) is 54.8 Å². The largest absolute Gasteiger partial charge is 0.369 e. The lowest BCUT2D eigenvalue weighted by Gasteiger charge is -2.18. The van der Waals surface area contributed by atoms with Crippen molar-refractivity contribution >= 4 is 41.0 Å². The Morgan fingerprint density at radius 2 is 1.85 bits per heavy atom. The molecule has 2 aromatic carbocycles. The molecule has 27 heavy (non-hydrogen) atoms. The summed E-state index contributed by atoms with van der Waals surface area (Å²) in [5.41, 5.74) is 1.54. The minimum Gasteiger partial charge on any atom is -0.369 e. The summed E-state index contributed by atoms with van der Waals surface area (Å²) in [5.74, 6) is -0.846. The number of nitrogens with zero attached hydrogens (tertiary/aromatic N) is 2. The van der Waals surface area contributed by atoms with Gasteiger partial charge in [-0.15, -0.1) is 0 Å². The van der Waals surface area contributed by atoms with E-state index in [9.17, 15) is 14.0 Å². The van der Waals surface area contributed by atoms with E-state index in [2.05, 4.69) is 5.32 Å². The van der Waals surface area contributed by atoms with Gasteiger partial charge in [-0.1, -0.05) is 23.7 Å².